The number of nitrogens with one attached hydrogen (secondary N) is 2. The normalized spacial score (nSPS) is 21.6. The molecule has 2 heterocycles. The molecule has 0 radical (unpaired) electrons. The number of likely N-dealkylation sites (tertiary alicyclic amines) is 1. The molecule has 0 unspecified atom stereocenters. The van der Waals surface area contributed by atoms with Crippen LogP contribution in [-0.4, -0.2) is 53.0 Å². The van der Waals surface area contributed by atoms with Crippen LogP contribution in [-0.2, 0) is 22.6 Å². The van der Waals surface area contributed by atoms with Gasteiger partial charge in [0.25, 0.3) is 0 Å². The molecule has 274 valence electrons. The molecule has 0 saturated carbocycles. The average Bonchev–Trinajstić information content (AvgIpc) is 3.66. The Morgan fingerprint density at radius 2 is 1.53 bits per heavy atom. The van der Waals surface area contributed by atoms with E-state index in [2.05, 4.69) is 58.9 Å². The minimum Gasteiger partial charge on any atom is -0.457 e. The summed E-state index contributed by atoms with van der Waals surface area (Å²) in [4.78, 5) is 15.1. The zero-order valence-electron chi connectivity index (χ0n) is 29.9. The Labute approximate surface area is 311 Å². The van der Waals surface area contributed by atoms with Gasteiger partial charge in [0.05, 0.1) is 25.4 Å². The maximum absolute atomic E-state index is 12.7. The second-order valence-electron chi connectivity index (χ2n) is 13.9. The molecular formula is C44H47N3O6. The van der Waals surface area contributed by atoms with Crippen molar-refractivity contribution in [3.05, 3.63) is 150 Å². The Morgan fingerprint density at radius 1 is 0.792 bits per heavy atom. The molecule has 5 aromatic rings. The van der Waals surface area contributed by atoms with Gasteiger partial charge in [0.15, 0.2) is 6.29 Å². The fourth-order valence-corrected chi connectivity index (χ4v) is 7.18. The van der Waals surface area contributed by atoms with Crippen molar-refractivity contribution in [2.45, 2.75) is 57.5 Å². The second kappa shape index (κ2) is 17.2. The molecule has 2 fully saturated rings. The van der Waals surface area contributed by atoms with E-state index >= 15 is 0 Å². The standard InChI is InChI=1S/C44H47N3O6/c1-30-41(27-47-24-6-9-38(47)29-49)52-43(53-42(30)34-14-12-31(28-48)13-15-34)35-18-16-33(17-19-35)36-8-5-7-32(25-36)26-45-44(50)46-37-20-22-40(23-21-37)51-39-10-3-2-4-11-39/h2-5,7-8,10-23,25,30,38,41-43,48-49H,6,9,24,26-29H2,1H3,(H2,45,46,50)/t30-,38-,41+,42+,43+/m0/s1. The summed E-state index contributed by atoms with van der Waals surface area (Å²) in [5.74, 6) is 1.51. The van der Waals surface area contributed by atoms with Crippen LogP contribution in [0.5, 0.6) is 11.5 Å². The number of ether oxygens (including phenoxy) is 3. The first-order valence-corrected chi connectivity index (χ1v) is 18.4. The summed E-state index contributed by atoms with van der Waals surface area (Å²) in [5.41, 5.74) is 6.56. The molecule has 0 aliphatic carbocycles. The summed E-state index contributed by atoms with van der Waals surface area (Å²) in [5, 5.41) is 25.4. The highest BCUT2D eigenvalue weighted by molar-refractivity contribution is 5.89. The number of hydrogen-bond acceptors (Lipinski definition) is 7. The van der Waals surface area contributed by atoms with E-state index in [0.29, 0.717) is 18.0 Å². The lowest BCUT2D eigenvalue weighted by atomic mass is 9.89. The highest BCUT2D eigenvalue weighted by Crippen LogP contribution is 2.42. The monoisotopic (exact) mass is 713 g/mol. The predicted octanol–water partition coefficient (Wildman–Crippen LogP) is 8.21. The Hall–Kier alpha value is -5.03. The van der Waals surface area contributed by atoms with Crippen LogP contribution >= 0.6 is 0 Å². The molecule has 2 saturated heterocycles. The first-order valence-electron chi connectivity index (χ1n) is 18.4. The van der Waals surface area contributed by atoms with Gasteiger partial charge in [-0.2, -0.15) is 0 Å². The van der Waals surface area contributed by atoms with E-state index in [9.17, 15) is 15.0 Å². The summed E-state index contributed by atoms with van der Waals surface area (Å²) >= 11 is 0. The van der Waals surface area contributed by atoms with Gasteiger partial charge in [-0.15, -0.1) is 0 Å². The summed E-state index contributed by atoms with van der Waals surface area (Å²) in [6.45, 7) is 4.36. The molecule has 4 N–H and O–H groups in total. The lowest BCUT2D eigenvalue weighted by Crippen LogP contribution is -2.46. The van der Waals surface area contributed by atoms with Crippen molar-refractivity contribution < 1.29 is 29.2 Å². The van der Waals surface area contributed by atoms with Crippen molar-refractivity contribution in [2.75, 3.05) is 25.0 Å². The van der Waals surface area contributed by atoms with Crippen LogP contribution in [0.15, 0.2) is 127 Å². The van der Waals surface area contributed by atoms with Gasteiger partial charge in [0.1, 0.15) is 11.5 Å². The van der Waals surface area contributed by atoms with Gasteiger partial charge in [-0.05, 0) is 89.7 Å². The summed E-state index contributed by atoms with van der Waals surface area (Å²) < 4.78 is 19.2. The van der Waals surface area contributed by atoms with E-state index < -0.39 is 6.29 Å². The third-order valence-electron chi connectivity index (χ3n) is 10.2. The van der Waals surface area contributed by atoms with Gasteiger partial charge >= 0.3 is 6.03 Å². The fraction of sp³-hybridized carbons (Fsp3) is 0.295. The van der Waals surface area contributed by atoms with Gasteiger partial charge in [-0.3, -0.25) is 4.90 Å². The van der Waals surface area contributed by atoms with Crippen LogP contribution in [0.3, 0.4) is 0 Å². The van der Waals surface area contributed by atoms with Crippen LogP contribution in [0.4, 0.5) is 10.5 Å². The SMILES string of the molecule is C[C@H]1[C@@H](CN2CCC[C@H]2CO)O[C@@H](c2ccc(-c3cccc(CNC(=O)Nc4ccc(Oc5ccccc5)cc4)c3)cc2)O[C@H]1c1ccc(CO)cc1. The van der Waals surface area contributed by atoms with E-state index in [1.54, 1.807) is 0 Å². The summed E-state index contributed by atoms with van der Waals surface area (Å²) in [7, 11) is 0. The average molecular weight is 714 g/mol. The topological polar surface area (TPSA) is 113 Å². The van der Waals surface area contributed by atoms with Crippen molar-refractivity contribution in [3.63, 3.8) is 0 Å². The van der Waals surface area contributed by atoms with Crippen LogP contribution in [0.2, 0.25) is 0 Å². The summed E-state index contributed by atoms with van der Waals surface area (Å²) in [6.07, 6.45) is 1.21. The van der Waals surface area contributed by atoms with Crippen LogP contribution in [0.1, 0.15) is 54.4 Å². The molecule has 2 aliphatic heterocycles. The highest BCUT2D eigenvalue weighted by Gasteiger charge is 2.40. The van der Waals surface area contributed by atoms with Crippen LogP contribution < -0.4 is 15.4 Å². The minimum atomic E-state index is -0.565. The van der Waals surface area contributed by atoms with E-state index in [1.807, 2.05) is 91.0 Å². The molecule has 2 amide bonds. The predicted molar refractivity (Wildman–Crippen MR) is 205 cm³/mol. The van der Waals surface area contributed by atoms with Gasteiger partial charge in [-0.25, -0.2) is 4.79 Å². The third kappa shape index (κ3) is 9.14. The number of para-hydroxylation sites is 1. The summed E-state index contributed by atoms with van der Waals surface area (Å²) in [6, 6.07) is 41.0. The Kier molecular flexibility index (Phi) is 11.8. The van der Waals surface area contributed by atoms with E-state index in [1.165, 1.54) is 0 Å². The molecular weight excluding hydrogens is 666 g/mol. The Balaban J connectivity index is 0.988. The van der Waals surface area contributed by atoms with Crippen molar-refractivity contribution in [1.29, 1.82) is 0 Å². The molecule has 53 heavy (non-hydrogen) atoms. The van der Waals surface area contributed by atoms with Crippen LogP contribution in [0.25, 0.3) is 11.1 Å². The first kappa shape index (κ1) is 36.3. The van der Waals surface area contributed by atoms with Crippen molar-refractivity contribution in [2.24, 2.45) is 5.92 Å². The zero-order valence-corrected chi connectivity index (χ0v) is 29.9. The molecule has 5 aromatic carbocycles. The Morgan fingerprint density at radius 3 is 2.26 bits per heavy atom. The van der Waals surface area contributed by atoms with Crippen LogP contribution in [0, 0.1) is 5.92 Å². The number of benzene rings is 5. The van der Waals surface area contributed by atoms with Gasteiger partial charge in [0, 0.05) is 36.3 Å². The van der Waals surface area contributed by atoms with Gasteiger partial charge in [0.2, 0.25) is 0 Å². The maximum Gasteiger partial charge on any atom is 0.319 e. The lowest BCUT2D eigenvalue weighted by molar-refractivity contribution is -0.276. The van der Waals surface area contributed by atoms with Crippen molar-refractivity contribution in [3.8, 4) is 22.6 Å². The van der Waals surface area contributed by atoms with Gasteiger partial charge < -0.3 is 35.1 Å². The number of urea groups is 1. The second-order valence-corrected chi connectivity index (χ2v) is 13.9. The van der Waals surface area contributed by atoms with E-state index in [-0.39, 0.29) is 43.4 Å². The van der Waals surface area contributed by atoms with E-state index in [0.717, 1.165) is 65.1 Å². The number of hydrogen-bond donors (Lipinski definition) is 4. The minimum absolute atomic E-state index is 0.00403. The molecule has 0 spiro atoms. The molecule has 0 aromatic heterocycles. The quantitative estimate of drug-likeness (QED) is 0.103. The number of carbonyl (C=O) groups is 1. The third-order valence-corrected chi connectivity index (χ3v) is 10.2. The van der Waals surface area contributed by atoms with E-state index in [4.69, 9.17) is 14.2 Å². The number of rotatable bonds is 12. The first-order chi connectivity index (χ1) is 25.9. The number of aliphatic hydroxyl groups is 2. The molecule has 0 bridgehead atoms. The number of anilines is 1. The van der Waals surface area contributed by atoms with Crippen molar-refractivity contribution in [1.82, 2.24) is 10.2 Å². The van der Waals surface area contributed by atoms with Gasteiger partial charge in [-0.1, -0.05) is 91.9 Å². The molecule has 7 rings (SSSR count). The number of nitrogens with zero attached hydrogens (tertiary/aromatic N) is 1. The molecule has 9 nitrogen and oxygen atoms in total. The number of aliphatic hydroxyl groups excluding tert-OH is 2. The Bertz CT molecular complexity index is 1920. The number of amides is 2. The fourth-order valence-electron chi connectivity index (χ4n) is 7.18. The lowest BCUT2D eigenvalue weighted by Gasteiger charge is -2.43. The zero-order chi connectivity index (χ0) is 36.6. The largest absolute Gasteiger partial charge is 0.457 e. The maximum atomic E-state index is 12.7. The van der Waals surface area contributed by atoms with Crippen molar-refractivity contribution >= 4 is 11.7 Å². The highest BCUT2D eigenvalue weighted by atomic mass is 16.7. The smallest absolute Gasteiger partial charge is 0.319 e. The molecule has 5 atom stereocenters. The molecule has 9 heteroatoms. The molecule has 2 aliphatic rings. The number of carbonyl (C=O) groups excluding carboxylic acids is 1.